The van der Waals surface area contributed by atoms with Crippen LogP contribution < -0.4 is 10.6 Å². The predicted molar refractivity (Wildman–Crippen MR) is 90.9 cm³/mol. The number of aromatic nitrogens is 4. The lowest BCUT2D eigenvalue weighted by atomic mass is 10.3. The molecule has 0 aliphatic heterocycles. The van der Waals surface area contributed by atoms with Crippen LogP contribution in [0.25, 0.3) is 5.82 Å². The van der Waals surface area contributed by atoms with E-state index in [-0.39, 0.29) is 6.03 Å². The fraction of sp³-hybridized carbons (Fsp3) is 0.176. The van der Waals surface area contributed by atoms with Crippen LogP contribution in [0.4, 0.5) is 10.6 Å². The molecule has 0 radical (unpaired) electrons. The van der Waals surface area contributed by atoms with Gasteiger partial charge in [-0.05, 0) is 37.6 Å². The summed E-state index contributed by atoms with van der Waals surface area (Å²) < 4.78 is 1.90. The number of imidazole rings is 1. The highest BCUT2D eigenvalue weighted by molar-refractivity contribution is 5.88. The number of pyridine rings is 2. The number of rotatable bonds is 4. The van der Waals surface area contributed by atoms with Gasteiger partial charge in [0.2, 0.25) is 0 Å². The molecule has 7 heteroatoms. The fourth-order valence-corrected chi connectivity index (χ4v) is 2.24. The zero-order chi connectivity index (χ0) is 16.9. The summed E-state index contributed by atoms with van der Waals surface area (Å²) in [7, 11) is 0. The molecule has 0 atom stereocenters. The van der Waals surface area contributed by atoms with Gasteiger partial charge in [0.25, 0.3) is 0 Å². The van der Waals surface area contributed by atoms with Crippen LogP contribution in [-0.2, 0) is 6.54 Å². The molecule has 3 aromatic heterocycles. The normalized spacial score (nSPS) is 10.4. The molecule has 0 fully saturated rings. The minimum Gasteiger partial charge on any atom is -0.334 e. The molecule has 3 aromatic rings. The van der Waals surface area contributed by atoms with E-state index in [2.05, 4.69) is 25.6 Å². The van der Waals surface area contributed by atoms with Crippen LogP contribution in [0, 0.1) is 13.8 Å². The van der Waals surface area contributed by atoms with E-state index in [1.54, 1.807) is 18.5 Å². The van der Waals surface area contributed by atoms with Crippen molar-refractivity contribution in [2.45, 2.75) is 20.4 Å². The maximum Gasteiger partial charge on any atom is 0.320 e. The molecular weight excluding hydrogens is 304 g/mol. The van der Waals surface area contributed by atoms with Gasteiger partial charge >= 0.3 is 6.03 Å². The van der Waals surface area contributed by atoms with Crippen molar-refractivity contribution in [1.82, 2.24) is 24.8 Å². The first-order valence-corrected chi connectivity index (χ1v) is 7.55. The van der Waals surface area contributed by atoms with E-state index in [0.29, 0.717) is 12.4 Å². The average Bonchev–Trinajstić information content (AvgIpc) is 2.99. The van der Waals surface area contributed by atoms with Gasteiger partial charge in [-0.15, -0.1) is 0 Å². The summed E-state index contributed by atoms with van der Waals surface area (Å²) in [4.78, 5) is 24.7. The van der Waals surface area contributed by atoms with Crippen LogP contribution in [0.2, 0.25) is 0 Å². The van der Waals surface area contributed by atoms with Gasteiger partial charge in [-0.2, -0.15) is 0 Å². The summed E-state index contributed by atoms with van der Waals surface area (Å²) in [5.41, 5.74) is 1.76. The molecule has 0 aromatic carbocycles. The number of carbonyl (C=O) groups is 1. The van der Waals surface area contributed by atoms with E-state index in [4.69, 9.17) is 0 Å². The average molecular weight is 322 g/mol. The van der Waals surface area contributed by atoms with E-state index in [1.807, 2.05) is 48.9 Å². The minimum atomic E-state index is -0.303. The number of nitrogens with zero attached hydrogens (tertiary/aromatic N) is 4. The second-order valence-electron chi connectivity index (χ2n) is 5.34. The number of urea groups is 1. The fourth-order valence-electron chi connectivity index (χ4n) is 2.24. The predicted octanol–water partition coefficient (Wildman–Crippen LogP) is 2.60. The highest BCUT2D eigenvalue weighted by Crippen LogP contribution is 2.08. The molecule has 3 heterocycles. The highest BCUT2D eigenvalue weighted by atomic mass is 16.2. The second-order valence-corrected chi connectivity index (χ2v) is 5.34. The number of amides is 2. The van der Waals surface area contributed by atoms with Crippen LogP contribution >= 0.6 is 0 Å². The standard InChI is InChI=1S/C17H18N6O/c1-12-4-3-5-15(21-12)22-17(24)20-11-14-6-7-16(19-10-14)23-9-8-18-13(23)2/h3-10H,11H2,1-2H3,(H2,20,21,22,24). The largest absolute Gasteiger partial charge is 0.334 e. The molecule has 0 spiro atoms. The van der Waals surface area contributed by atoms with Gasteiger partial charge in [0.15, 0.2) is 0 Å². The van der Waals surface area contributed by atoms with Gasteiger partial charge in [0, 0.05) is 30.8 Å². The molecule has 24 heavy (non-hydrogen) atoms. The highest BCUT2D eigenvalue weighted by Gasteiger charge is 2.05. The molecule has 2 N–H and O–H groups in total. The number of hydrogen-bond acceptors (Lipinski definition) is 4. The smallest absolute Gasteiger partial charge is 0.320 e. The van der Waals surface area contributed by atoms with Crippen molar-refractivity contribution >= 4 is 11.8 Å². The maximum absolute atomic E-state index is 11.9. The van der Waals surface area contributed by atoms with Crippen LogP contribution in [0.3, 0.4) is 0 Å². The lowest BCUT2D eigenvalue weighted by Gasteiger charge is -2.08. The van der Waals surface area contributed by atoms with Crippen LogP contribution in [0.15, 0.2) is 48.9 Å². The Kier molecular flexibility index (Phi) is 4.51. The summed E-state index contributed by atoms with van der Waals surface area (Å²) in [5, 5.41) is 5.48. The first kappa shape index (κ1) is 15.7. The van der Waals surface area contributed by atoms with E-state index >= 15 is 0 Å². The van der Waals surface area contributed by atoms with Crippen molar-refractivity contribution in [3.05, 3.63) is 66.0 Å². The molecule has 0 aliphatic rings. The van der Waals surface area contributed by atoms with Crippen LogP contribution in [0.5, 0.6) is 0 Å². The monoisotopic (exact) mass is 322 g/mol. The van der Waals surface area contributed by atoms with E-state index in [9.17, 15) is 4.79 Å². The summed E-state index contributed by atoms with van der Waals surface area (Å²) >= 11 is 0. The third-order valence-electron chi connectivity index (χ3n) is 3.46. The van der Waals surface area contributed by atoms with Crippen molar-refractivity contribution < 1.29 is 4.79 Å². The van der Waals surface area contributed by atoms with Gasteiger partial charge in [-0.1, -0.05) is 12.1 Å². The number of carbonyl (C=O) groups excluding carboxylic acids is 1. The van der Waals surface area contributed by atoms with Crippen molar-refractivity contribution in [3.63, 3.8) is 0 Å². The summed E-state index contributed by atoms with van der Waals surface area (Å²) in [6.45, 7) is 4.17. The Balaban J connectivity index is 1.57. The molecule has 2 amide bonds. The first-order chi connectivity index (χ1) is 11.6. The van der Waals surface area contributed by atoms with Crippen molar-refractivity contribution in [2.24, 2.45) is 0 Å². The zero-order valence-corrected chi connectivity index (χ0v) is 13.5. The Labute approximate surface area is 139 Å². The molecule has 3 rings (SSSR count). The molecule has 0 aliphatic carbocycles. The number of anilines is 1. The molecule has 0 saturated heterocycles. The quantitative estimate of drug-likeness (QED) is 0.773. The molecule has 0 unspecified atom stereocenters. The third-order valence-corrected chi connectivity index (χ3v) is 3.46. The minimum absolute atomic E-state index is 0.303. The van der Waals surface area contributed by atoms with Crippen molar-refractivity contribution in [3.8, 4) is 5.82 Å². The molecule has 7 nitrogen and oxygen atoms in total. The lowest BCUT2D eigenvalue weighted by Crippen LogP contribution is -2.28. The Morgan fingerprint density at radius 1 is 1.17 bits per heavy atom. The van der Waals surface area contributed by atoms with E-state index in [1.165, 1.54) is 0 Å². The van der Waals surface area contributed by atoms with Crippen molar-refractivity contribution in [2.75, 3.05) is 5.32 Å². The summed E-state index contributed by atoms with van der Waals surface area (Å²) in [6, 6.07) is 8.98. The number of aryl methyl sites for hydroxylation is 2. The van der Waals surface area contributed by atoms with Gasteiger partial charge in [-0.25, -0.2) is 19.7 Å². The Morgan fingerprint density at radius 2 is 2.04 bits per heavy atom. The van der Waals surface area contributed by atoms with Gasteiger partial charge in [0.1, 0.15) is 17.5 Å². The lowest BCUT2D eigenvalue weighted by molar-refractivity contribution is 0.251. The topological polar surface area (TPSA) is 84.7 Å². The van der Waals surface area contributed by atoms with Gasteiger partial charge < -0.3 is 5.32 Å². The number of nitrogens with one attached hydrogen (secondary N) is 2. The van der Waals surface area contributed by atoms with Crippen LogP contribution in [-0.4, -0.2) is 25.6 Å². The SMILES string of the molecule is Cc1cccc(NC(=O)NCc2ccc(-n3ccnc3C)nc2)n1. The first-order valence-electron chi connectivity index (χ1n) is 7.55. The van der Waals surface area contributed by atoms with Crippen LogP contribution in [0.1, 0.15) is 17.1 Å². The van der Waals surface area contributed by atoms with Gasteiger partial charge in [0.05, 0.1) is 0 Å². The zero-order valence-electron chi connectivity index (χ0n) is 13.5. The second kappa shape index (κ2) is 6.91. The Morgan fingerprint density at radius 3 is 2.71 bits per heavy atom. The third kappa shape index (κ3) is 3.75. The number of hydrogen-bond donors (Lipinski definition) is 2. The summed E-state index contributed by atoms with van der Waals surface area (Å²) in [6.07, 6.45) is 5.33. The Bertz CT molecular complexity index is 840. The Hall–Kier alpha value is -3.22. The van der Waals surface area contributed by atoms with E-state index in [0.717, 1.165) is 22.9 Å². The maximum atomic E-state index is 11.9. The van der Waals surface area contributed by atoms with Crippen molar-refractivity contribution in [1.29, 1.82) is 0 Å². The summed E-state index contributed by atoms with van der Waals surface area (Å²) in [5.74, 6) is 2.19. The van der Waals surface area contributed by atoms with E-state index < -0.39 is 0 Å². The molecular formula is C17H18N6O. The molecule has 122 valence electrons. The molecule has 0 saturated carbocycles. The molecule has 0 bridgehead atoms. The van der Waals surface area contributed by atoms with Gasteiger partial charge in [-0.3, -0.25) is 9.88 Å².